The van der Waals surface area contributed by atoms with Gasteiger partial charge in [-0.2, -0.15) is 4.31 Å². The number of amides is 2. The fraction of sp³-hybridized carbons (Fsp3) is 0.633. The van der Waals surface area contributed by atoms with Crippen LogP contribution < -0.4 is 10.2 Å². The third kappa shape index (κ3) is 6.28. The summed E-state index contributed by atoms with van der Waals surface area (Å²) in [6.45, 7) is 4.83. The third-order valence-electron chi connectivity index (χ3n) is 9.03. The SMILES string of the molecule is Cc1cc(N2C(=O)CCC2COCCO)cc(C)c1C=CS(=O)(=O)N1CCC2(CC1)N=C(C1CCCCC1)NC2=O. The molecule has 1 atom stereocenters. The highest BCUT2D eigenvalue weighted by atomic mass is 32.2. The highest BCUT2D eigenvalue weighted by Gasteiger charge is 2.48. The van der Waals surface area contributed by atoms with Crippen LogP contribution in [-0.2, 0) is 24.3 Å². The van der Waals surface area contributed by atoms with Crippen molar-refractivity contribution in [3.8, 4) is 0 Å². The molecule has 10 nitrogen and oxygen atoms in total. The molecule has 1 aromatic rings. The van der Waals surface area contributed by atoms with Crippen LogP contribution in [0.25, 0.3) is 6.08 Å². The van der Waals surface area contributed by atoms with Crippen molar-refractivity contribution in [2.24, 2.45) is 10.9 Å². The maximum atomic E-state index is 13.3. The van der Waals surface area contributed by atoms with Gasteiger partial charge in [0.05, 0.1) is 25.9 Å². The van der Waals surface area contributed by atoms with E-state index in [1.807, 2.05) is 26.0 Å². The van der Waals surface area contributed by atoms with Crippen LogP contribution in [-0.4, -0.2) is 80.0 Å². The summed E-state index contributed by atoms with van der Waals surface area (Å²) < 4.78 is 33.5. The number of hydrogen-bond acceptors (Lipinski definition) is 7. The molecule has 3 aliphatic heterocycles. The average molecular weight is 587 g/mol. The molecule has 224 valence electrons. The van der Waals surface area contributed by atoms with E-state index in [0.717, 1.165) is 53.9 Å². The number of ether oxygens (including phenoxy) is 1. The fourth-order valence-corrected chi connectivity index (χ4v) is 7.87. The summed E-state index contributed by atoms with van der Waals surface area (Å²) in [6.07, 6.45) is 9.15. The molecule has 0 radical (unpaired) electrons. The van der Waals surface area contributed by atoms with Crippen molar-refractivity contribution < 1.29 is 27.9 Å². The number of amidine groups is 1. The summed E-state index contributed by atoms with van der Waals surface area (Å²) in [5.74, 6) is 1.06. The number of anilines is 1. The fourth-order valence-electron chi connectivity index (χ4n) is 6.69. The number of piperidine rings is 1. The Balaban J connectivity index is 1.25. The lowest BCUT2D eigenvalue weighted by atomic mass is 9.88. The predicted octanol–water partition coefficient (Wildman–Crippen LogP) is 3.05. The number of nitrogens with zero attached hydrogens (tertiary/aromatic N) is 3. The standard InChI is InChI=1S/C30H42N4O6S/c1-21-18-25(34-24(8-9-27(34)36)20-40-16-15-35)19-22(2)26(21)10-17-41(38,39)33-13-11-30(12-14-33)29(37)31-28(32-30)23-6-4-3-5-7-23/h10,17-19,23-24,35H,3-9,11-16,20H2,1-2H3,(H,31,32,37). The normalized spacial score (nSPS) is 24.0. The molecule has 2 amide bonds. The second-order valence-electron chi connectivity index (χ2n) is 11.8. The van der Waals surface area contributed by atoms with Crippen molar-refractivity contribution in [2.45, 2.75) is 83.2 Å². The van der Waals surface area contributed by atoms with Gasteiger partial charge in [0.2, 0.25) is 15.9 Å². The minimum Gasteiger partial charge on any atom is -0.394 e. The molecule has 1 aromatic carbocycles. The second kappa shape index (κ2) is 12.3. The molecule has 0 bridgehead atoms. The van der Waals surface area contributed by atoms with Gasteiger partial charge in [0.15, 0.2) is 0 Å². The average Bonchev–Trinajstić information content (AvgIpc) is 3.48. The van der Waals surface area contributed by atoms with E-state index >= 15 is 0 Å². The lowest BCUT2D eigenvalue weighted by Gasteiger charge is -2.34. The smallest absolute Gasteiger partial charge is 0.253 e. The van der Waals surface area contributed by atoms with Crippen LogP contribution >= 0.6 is 0 Å². The largest absolute Gasteiger partial charge is 0.394 e. The molecule has 4 aliphatic rings. The van der Waals surface area contributed by atoms with Crippen LogP contribution in [0.4, 0.5) is 5.69 Å². The molecule has 1 unspecified atom stereocenters. The minimum absolute atomic E-state index is 0.0290. The van der Waals surface area contributed by atoms with Crippen molar-refractivity contribution in [1.82, 2.24) is 9.62 Å². The van der Waals surface area contributed by atoms with E-state index in [1.165, 1.54) is 16.1 Å². The van der Waals surface area contributed by atoms with E-state index < -0.39 is 15.6 Å². The number of carbonyl (C=O) groups excluding carboxylic acids is 2. The topological polar surface area (TPSA) is 129 Å². The Bertz CT molecular complexity index is 1300. The van der Waals surface area contributed by atoms with Crippen molar-refractivity contribution in [3.63, 3.8) is 0 Å². The lowest BCUT2D eigenvalue weighted by Crippen LogP contribution is -2.50. The molecule has 11 heteroatoms. The molecule has 2 saturated heterocycles. The zero-order valence-electron chi connectivity index (χ0n) is 24.1. The number of nitrogens with one attached hydrogen (secondary N) is 1. The number of sulfonamides is 1. The molecule has 3 heterocycles. The van der Waals surface area contributed by atoms with Crippen molar-refractivity contribution in [2.75, 3.05) is 37.8 Å². The van der Waals surface area contributed by atoms with E-state index in [-0.39, 0.29) is 44.2 Å². The van der Waals surface area contributed by atoms with Gasteiger partial charge in [-0.1, -0.05) is 19.3 Å². The first kappa shape index (κ1) is 29.9. The Hall–Kier alpha value is -2.60. The van der Waals surface area contributed by atoms with Crippen LogP contribution in [0.3, 0.4) is 0 Å². The van der Waals surface area contributed by atoms with Crippen LogP contribution in [0.5, 0.6) is 0 Å². The van der Waals surface area contributed by atoms with Gasteiger partial charge in [-0.3, -0.25) is 14.6 Å². The van der Waals surface area contributed by atoms with E-state index in [4.69, 9.17) is 14.8 Å². The van der Waals surface area contributed by atoms with Crippen LogP contribution in [0.2, 0.25) is 0 Å². The highest BCUT2D eigenvalue weighted by Crippen LogP contribution is 2.35. The number of carbonyl (C=O) groups is 2. The highest BCUT2D eigenvalue weighted by molar-refractivity contribution is 7.92. The summed E-state index contributed by atoms with van der Waals surface area (Å²) in [7, 11) is -3.70. The second-order valence-corrected chi connectivity index (χ2v) is 13.6. The quantitative estimate of drug-likeness (QED) is 0.428. The molecule has 1 aliphatic carbocycles. The van der Waals surface area contributed by atoms with Crippen LogP contribution in [0.15, 0.2) is 22.5 Å². The zero-order valence-corrected chi connectivity index (χ0v) is 24.9. The number of benzene rings is 1. The van der Waals surface area contributed by atoms with Crippen LogP contribution in [0, 0.1) is 19.8 Å². The van der Waals surface area contributed by atoms with Crippen molar-refractivity contribution >= 4 is 39.4 Å². The van der Waals surface area contributed by atoms with Gasteiger partial charge in [0, 0.05) is 36.5 Å². The minimum atomic E-state index is -3.70. The molecule has 5 rings (SSSR count). The Morgan fingerprint density at radius 1 is 1.10 bits per heavy atom. The van der Waals surface area contributed by atoms with Gasteiger partial charge in [0.1, 0.15) is 11.4 Å². The molecule has 2 N–H and O–H groups in total. The Morgan fingerprint density at radius 3 is 2.44 bits per heavy atom. The summed E-state index contributed by atoms with van der Waals surface area (Å²) >= 11 is 0. The summed E-state index contributed by atoms with van der Waals surface area (Å²) in [5, 5.41) is 13.3. The first-order valence-corrected chi connectivity index (χ1v) is 16.4. The van der Waals surface area contributed by atoms with Gasteiger partial charge < -0.3 is 20.1 Å². The Morgan fingerprint density at radius 2 is 1.78 bits per heavy atom. The number of aryl methyl sites for hydroxylation is 2. The van der Waals surface area contributed by atoms with E-state index in [0.29, 0.717) is 38.2 Å². The maximum Gasteiger partial charge on any atom is 0.253 e. The molecule has 1 saturated carbocycles. The number of rotatable bonds is 9. The van der Waals surface area contributed by atoms with Gasteiger partial charge in [-0.25, -0.2) is 8.42 Å². The monoisotopic (exact) mass is 586 g/mol. The molecule has 0 aromatic heterocycles. The Labute approximate surface area is 242 Å². The van der Waals surface area contributed by atoms with Gasteiger partial charge >= 0.3 is 0 Å². The number of hydrogen-bond donors (Lipinski definition) is 2. The zero-order chi connectivity index (χ0) is 29.2. The van der Waals surface area contributed by atoms with E-state index in [1.54, 1.807) is 11.0 Å². The third-order valence-corrected chi connectivity index (χ3v) is 10.6. The van der Waals surface area contributed by atoms with E-state index in [2.05, 4.69) is 5.32 Å². The number of aliphatic hydroxyl groups excluding tert-OH is 1. The molecular formula is C30H42N4O6S. The number of aliphatic imine (C=N–C) groups is 1. The van der Waals surface area contributed by atoms with Gasteiger partial charge in [-0.05, 0) is 80.9 Å². The molecule has 3 fully saturated rings. The van der Waals surface area contributed by atoms with Gasteiger partial charge in [0.25, 0.3) is 5.91 Å². The van der Waals surface area contributed by atoms with Crippen LogP contribution in [0.1, 0.15) is 74.5 Å². The van der Waals surface area contributed by atoms with Crippen molar-refractivity contribution in [3.05, 3.63) is 34.2 Å². The summed E-state index contributed by atoms with van der Waals surface area (Å²) in [6, 6.07) is 3.72. The molecule has 41 heavy (non-hydrogen) atoms. The summed E-state index contributed by atoms with van der Waals surface area (Å²) in [4.78, 5) is 32.2. The van der Waals surface area contributed by atoms with Gasteiger partial charge in [-0.15, -0.1) is 0 Å². The first-order chi connectivity index (χ1) is 19.6. The van der Waals surface area contributed by atoms with Crippen molar-refractivity contribution in [1.29, 1.82) is 0 Å². The first-order valence-electron chi connectivity index (χ1n) is 14.8. The number of aliphatic hydroxyl groups is 1. The summed E-state index contributed by atoms with van der Waals surface area (Å²) in [5.41, 5.74) is 2.45. The molecule has 1 spiro atoms. The predicted molar refractivity (Wildman–Crippen MR) is 158 cm³/mol. The lowest BCUT2D eigenvalue weighted by molar-refractivity contribution is -0.125. The molecular weight excluding hydrogens is 544 g/mol. The Kier molecular flexibility index (Phi) is 8.98. The van der Waals surface area contributed by atoms with E-state index in [9.17, 15) is 18.0 Å². The maximum absolute atomic E-state index is 13.3.